The molecule has 26 heavy (non-hydrogen) atoms. The van der Waals surface area contributed by atoms with Crippen molar-refractivity contribution in [3.8, 4) is 0 Å². The molecular weight excluding hydrogens is 348 g/mol. The summed E-state index contributed by atoms with van der Waals surface area (Å²) in [6, 6.07) is 6.11. The van der Waals surface area contributed by atoms with E-state index in [0.29, 0.717) is 0 Å². The van der Waals surface area contributed by atoms with Gasteiger partial charge in [-0.2, -0.15) is 8.42 Å². The van der Waals surface area contributed by atoms with Gasteiger partial charge >= 0.3 is 0 Å². The summed E-state index contributed by atoms with van der Waals surface area (Å²) >= 11 is 0. The third kappa shape index (κ3) is 11.5. The van der Waals surface area contributed by atoms with Crippen LogP contribution in [0.5, 0.6) is 0 Å². The second-order valence-corrected chi connectivity index (χ2v) is 8.28. The first-order valence-corrected chi connectivity index (χ1v) is 11.5. The molecule has 5 nitrogen and oxygen atoms in total. The average molecular weight is 385 g/mol. The smallest absolute Gasteiger partial charge is 0.294 e. The molecule has 0 unspecified atom stereocenters. The molecule has 0 spiro atoms. The normalized spacial score (nSPS) is 11.6. The first kappa shape index (κ1) is 22.9. The first-order valence-electron chi connectivity index (χ1n) is 10.1. The van der Waals surface area contributed by atoms with Gasteiger partial charge in [-0.05, 0) is 37.2 Å². The second-order valence-electron chi connectivity index (χ2n) is 6.86. The van der Waals surface area contributed by atoms with Crippen LogP contribution in [0.3, 0.4) is 0 Å². The van der Waals surface area contributed by atoms with Gasteiger partial charge in [0.15, 0.2) is 0 Å². The van der Waals surface area contributed by atoms with Crippen LogP contribution < -0.4 is 10.6 Å². The Kier molecular flexibility index (Phi) is 12.4. The maximum atomic E-state index is 11.0. The number of hydrogen-bond acceptors (Lipinski definition) is 4. The molecule has 1 aromatic carbocycles. The maximum Gasteiger partial charge on any atom is 0.294 e. The lowest BCUT2D eigenvalue weighted by molar-refractivity contribution is 0.483. The summed E-state index contributed by atoms with van der Waals surface area (Å²) in [6.45, 7) is 4.95. The van der Waals surface area contributed by atoms with Gasteiger partial charge in [-0.1, -0.05) is 64.7 Å². The van der Waals surface area contributed by atoms with Crippen molar-refractivity contribution >= 4 is 15.8 Å². The molecule has 0 aliphatic carbocycles. The number of rotatable bonds is 16. The summed E-state index contributed by atoms with van der Waals surface area (Å²) in [7, 11) is -4.11. The summed E-state index contributed by atoms with van der Waals surface area (Å²) in [6.07, 6.45) is 13.5. The van der Waals surface area contributed by atoms with Crippen LogP contribution in [0.4, 0.5) is 5.69 Å². The predicted molar refractivity (Wildman–Crippen MR) is 109 cm³/mol. The highest BCUT2D eigenvalue weighted by Crippen LogP contribution is 2.13. The van der Waals surface area contributed by atoms with E-state index in [1.54, 1.807) is 12.1 Å². The lowest BCUT2D eigenvalue weighted by atomic mass is 10.1. The van der Waals surface area contributed by atoms with Crippen LogP contribution >= 0.6 is 0 Å². The fraction of sp³-hybridized carbons (Fsp3) is 0.700. The van der Waals surface area contributed by atoms with Crippen molar-refractivity contribution in [3.63, 3.8) is 0 Å². The van der Waals surface area contributed by atoms with Crippen LogP contribution in [0.25, 0.3) is 0 Å². The lowest BCUT2D eigenvalue weighted by Crippen LogP contribution is -2.23. The molecule has 0 saturated heterocycles. The van der Waals surface area contributed by atoms with Gasteiger partial charge in [0, 0.05) is 18.8 Å². The van der Waals surface area contributed by atoms with Crippen molar-refractivity contribution in [2.24, 2.45) is 0 Å². The highest BCUT2D eigenvalue weighted by atomic mass is 32.2. The minimum Gasteiger partial charge on any atom is -0.384 e. The van der Waals surface area contributed by atoms with Crippen LogP contribution in [0.15, 0.2) is 29.2 Å². The van der Waals surface area contributed by atoms with E-state index in [9.17, 15) is 8.42 Å². The Morgan fingerprint density at radius 1 is 0.769 bits per heavy atom. The number of unbranched alkanes of at least 4 members (excludes halogenated alkanes) is 9. The molecule has 0 saturated carbocycles. The van der Waals surface area contributed by atoms with E-state index in [1.165, 1.54) is 76.3 Å². The second kappa shape index (κ2) is 14.0. The molecule has 6 heteroatoms. The van der Waals surface area contributed by atoms with Gasteiger partial charge in [0.1, 0.15) is 0 Å². The molecule has 150 valence electrons. The van der Waals surface area contributed by atoms with Crippen molar-refractivity contribution in [1.29, 1.82) is 0 Å². The highest BCUT2D eigenvalue weighted by molar-refractivity contribution is 7.85. The monoisotopic (exact) mass is 384 g/mol. The standard InChI is InChI=1S/C20H36N2O3S/c1-2-3-4-5-6-7-8-9-10-11-16-21-17-18-22-19-12-14-20(15-13-19)26(23,24)25/h12-15,21-22H,2-11,16-18H2,1H3,(H,23,24,25). The Morgan fingerprint density at radius 2 is 1.31 bits per heavy atom. The first-order chi connectivity index (χ1) is 12.5. The molecule has 0 aliphatic heterocycles. The van der Waals surface area contributed by atoms with Gasteiger partial charge in [-0.3, -0.25) is 4.55 Å². The summed E-state index contributed by atoms with van der Waals surface area (Å²) in [5, 5.41) is 6.64. The molecule has 0 atom stereocenters. The Balaban J connectivity index is 1.90. The SMILES string of the molecule is CCCCCCCCCCCCNCCNc1ccc(S(=O)(=O)O)cc1. The van der Waals surface area contributed by atoms with E-state index in [4.69, 9.17) is 4.55 Å². The fourth-order valence-electron chi connectivity index (χ4n) is 2.90. The Bertz CT molecular complexity index is 559. The molecule has 3 N–H and O–H groups in total. The average Bonchev–Trinajstić information content (AvgIpc) is 2.61. The van der Waals surface area contributed by atoms with Crippen molar-refractivity contribution < 1.29 is 13.0 Å². The highest BCUT2D eigenvalue weighted by Gasteiger charge is 2.07. The van der Waals surface area contributed by atoms with Crippen LogP contribution in [-0.2, 0) is 10.1 Å². The predicted octanol–water partition coefficient (Wildman–Crippen LogP) is 4.86. The Morgan fingerprint density at radius 3 is 1.85 bits per heavy atom. The Labute approximate surface area is 159 Å². The van der Waals surface area contributed by atoms with E-state index in [1.807, 2.05) is 0 Å². The molecule has 0 bridgehead atoms. The van der Waals surface area contributed by atoms with Gasteiger partial charge in [-0.15, -0.1) is 0 Å². The third-order valence-electron chi connectivity index (χ3n) is 4.49. The zero-order valence-electron chi connectivity index (χ0n) is 16.2. The number of anilines is 1. The molecule has 1 aromatic rings. The number of nitrogens with one attached hydrogen (secondary N) is 2. The lowest BCUT2D eigenvalue weighted by Gasteiger charge is -2.08. The van der Waals surface area contributed by atoms with Gasteiger partial charge < -0.3 is 10.6 Å². The molecule has 0 amide bonds. The quantitative estimate of drug-likeness (QED) is 0.280. The van der Waals surface area contributed by atoms with Crippen molar-refractivity contribution in [2.45, 2.75) is 76.0 Å². The van der Waals surface area contributed by atoms with Gasteiger partial charge in [0.05, 0.1) is 4.90 Å². The fourth-order valence-corrected chi connectivity index (χ4v) is 3.38. The van der Waals surface area contributed by atoms with Gasteiger partial charge in [0.2, 0.25) is 0 Å². The van der Waals surface area contributed by atoms with E-state index in [2.05, 4.69) is 17.6 Å². The summed E-state index contributed by atoms with van der Waals surface area (Å²) < 4.78 is 30.9. The Hall–Kier alpha value is -1.11. The molecular formula is C20H36N2O3S. The topological polar surface area (TPSA) is 78.4 Å². The van der Waals surface area contributed by atoms with E-state index >= 15 is 0 Å². The molecule has 0 fully saturated rings. The molecule has 0 heterocycles. The van der Waals surface area contributed by atoms with Crippen LogP contribution in [0.1, 0.15) is 71.1 Å². The third-order valence-corrected chi connectivity index (χ3v) is 5.36. The minimum absolute atomic E-state index is 0.0814. The van der Waals surface area contributed by atoms with E-state index in [0.717, 1.165) is 25.3 Å². The minimum atomic E-state index is -4.11. The zero-order valence-corrected chi connectivity index (χ0v) is 17.0. The van der Waals surface area contributed by atoms with Crippen molar-refractivity contribution in [1.82, 2.24) is 5.32 Å². The molecule has 1 rings (SSSR count). The maximum absolute atomic E-state index is 11.0. The summed E-state index contributed by atoms with van der Waals surface area (Å²) in [4.78, 5) is -0.0814. The number of benzene rings is 1. The van der Waals surface area contributed by atoms with E-state index < -0.39 is 10.1 Å². The number of hydrogen-bond donors (Lipinski definition) is 3. The van der Waals surface area contributed by atoms with Gasteiger partial charge in [0.25, 0.3) is 10.1 Å². The largest absolute Gasteiger partial charge is 0.384 e. The van der Waals surface area contributed by atoms with E-state index in [-0.39, 0.29) is 4.90 Å². The van der Waals surface area contributed by atoms with Crippen LogP contribution in [0.2, 0.25) is 0 Å². The zero-order chi connectivity index (χ0) is 19.1. The molecule has 0 aromatic heterocycles. The van der Waals surface area contributed by atoms with Crippen molar-refractivity contribution in [2.75, 3.05) is 25.0 Å². The van der Waals surface area contributed by atoms with Crippen LogP contribution in [0, 0.1) is 0 Å². The summed E-state index contributed by atoms with van der Waals surface area (Å²) in [5.41, 5.74) is 0.845. The molecule has 0 radical (unpaired) electrons. The van der Waals surface area contributed by atoms with Crippen LogP contribution in [-0.4, -0.2) is 32.6 Å². The molecule has 0 aliphatic rings. The van der Waals surface area contributed by atoms with Crippen molar-refractivity contribution in [3.05, 3.63) is 24.3 Å². The van der Waals surface area contributed by atoms with Gasteiger partial charge in [-0.25, -0.2) is 0 Å². The summed E-state index contributed by atoms with van der Waals surface area (Å²) in [5.74, 6) is 0.